The third-order valence-corrected chi connectivity index (χ3v) is 4.01. The highest BCUT2D eigenvalue weighted by Gasteiger charge is 2.20. The molecule has 0 saturated heterocycles. The molecule has 2 amide bonds. The summed E-state index contributed by atoms with van der Waals surface area (Å²) < 4.78 is 0. The Bertz CT molecular complexity index is 738. The molecule has 116 valence electrons. The molecule has 0 heterocycles. The number of nitrogens with one attached hydrogen (secondary N) is 1. The van der Waals surface area contributed by atoms with Crippen molar-refractivity contribution >= 4 is 23.6 Å². The number of benzene rings is 2. The molecule has 0 aliphatic heterocycles. The molecule has 0 aliphatic rings. The molecule has 0 aromatic heterocycles. The van der Waals surface area contributed by atoms with Gasteiger partial charge in [0.1, 0.15) is 6.04 Å². The van der Waals surface area contributed by atoms with Crippen molar-refractivity contribution in [3.05, 3.63) is 65.7 Å². The topological polar surface area (TPSA) is 72.2 Å². The summed E-state index contributed by atoms with van der Waals surface area (Å²) in [7, 11) is 0. The van der Waals surface area contributed by atoms with Crippen LogP contribution in [0.4, 0.5) is 0 Å². The highest BCUT2D eigenvalue weighted by molar-refractivity contribution is 7.99. The van der Waals surface area contributed by atoms with Gasteiger partial charge in [0.25, 0.3) is 5.91 Å². The summed E-state index contributed by atoms with van der Waals surface area (Å²) in [6.07, 6.45) is 5.24. The normalized spacial score (nSPS) is 11.3. The maximum atomic E-state index is 12.4. The summed E-state index contributed by atoms with van der Waals surface area (Å²) in [4.78, 5) is 24.9. The molecule has 4 nitrogen and oxygen atoms in total. The fourth-order valence-electron chi connectivity index (χ4n) is 2.03. The smallest absolute Gasteiger partial charge is 0.252 e. The van der Waals surface area contributed by atoms with Crippen LogP contribution in [0, 0.1) is 12.3 Å². The Morgan fingerprint density at radius 2 is 1.91 bits per heavy atom. The maximum Gasteiger partial charge on any atom is 0.252 e. The van der Waals surface area contributed by atoms with Crippen LogP contribution >= 0.6 is 11.8 Å². The van der Waals surface area contributed by atoms with Crippen molar-refractivity contribution in [2.24, 2.45) is 5.73 Å². The number of rotatable bonds is 6. The van der Waals surface area contributed by atoms with Gasteiger partial charge in [-0.1, -0.05) is 42.3 Å². The number of amides is 2. The lowest BCUT2D eigenvalue weighted by atomic mass is 10.1. The summed E-state index contributed by atoms with van der Waals surface area (Å²) in [6.45, 7) is 0. The number of terminal acetylenes is 1. The van der Waals surface area contributed by atoms with E-state index in [1.54, 1.807) is 42.5 Å². The molecule has 0 fully saturated rings. The van der Waals surface area contributed by atoms with Gasteiger partial charge in [0.05, 0.1) is 5.75 Å². The van der Waals surface area contributed by atoms with Gasteiger partial charge in [-0.2, -0.15) is 0 Å². The third kappa shape index (κ3) is 4.63. The van der Waals surface area contributed by atoms with Gasteiger partial charge in [-0.25, -0.2) is 0 Å². The van der Waals surface area contributed by atoms with E-state index in [0.717, 1.165) is 4.90 Å². The lowest BCUT2D eigenvalue weighted by Crippen LogP contribution is -2.37. The number of hydrogen-bond donors (Lipinski definition) is 2. The van der Waals surface area contributed by atoms with Crippen LogP contribution < -0.4 is 11.1 Å². The first-order valence-corrected chi connectivity index (χ1v) is 7.92. The first kappa shape index (κ1) is 16.7. The minimum atomic E-state index is -0.870. The number of carbonyl (C=O) groups is 2. The summed E-state index contributed by atoms with van der Waals surface area (Å²) >= 11 is 1.47. The van der Waals surface area contributed by atoms with Crippen LogP contribution in [0.1, 0.15) is 22.0 Å². The second-order valence-electron chi connectivity index (χ2n) is 4.74. The predicted molar refractivity (Wildman–Crippen MR) is 91.8 cm³/mol. The molecule has 2 aromatic carbocycles. The van der Waals surface area contributed by atoms with E-state index in [-0.39, 0.29) is 5.91 Å². The molecule has 0 unspecified atom stereocenters. The first-order valence-electron chi connectivity index (χ1n) is 6.93. The van der Waals surface area contributed by atoms with Gasteiger partial charge in [0, 0.05) is 10.5 Å². The van der Waals surface area contributed by atoms with Crippen LogP contribution in [-0.4, -0.2) is 17.6 Å². The van der Waals surface area contributed by atoms with Gasteiger partial charge in [-0.05, 0) is 23.8 Å². The van der Waals surface area contributed by atoms with E-state index in [1.165, 1.54) is 11.8 Å². The summed E-state index contributed by atoms with van der Waals surface area (Å²) in [5.74, 6) is 2.09. The lowest BCUT2D eigenvalue weighted by molar-refractivity contribution is -0.120. The van der Waals surface area contributed by atoms with E-state index in [1.807, 2.05) is 12.1 Å². The molecule has 0 radical (unpaired) electrons. The van der Waals surface area contributed by atoms with Gasteiger partial charge in [0.15, 0.2) is 0 Å². The quantitative estimate of drug-likeness (QED) is 0.633. The molecule has 0 bridgehead atoms. The van der Waals surface area contributed by atoms with Crippen molar-refractivity contribution in [2.45, 2.75) is 10.9 Å². The van der Waals surface area contributed by atoms with Crippen molar-refractivity contribution in [2.75, 3.05) is 5.75 Å². The lowest BCUT2D eigenvalue weighted by Gasteiger charge is -2.16. The van der Waals surface area contributed by atoms with Crippen molar-refractivity contribution in [3.8, 4) is 12.3 Å². The Morgan fingerprint density at radius 3 is 2.57 bits per heavy atom. The van der Waals surface area contributed by atoms with Crippen molar-refractivity contribution in [3.63, 3.8) is 0 Å². The van der Waals surface area contributed by atoms with E-state index in [4.69, 9.17) is 12.2 Å². The molecular weight excluding hydrogens is 308 g/mol. The second kappa shape index (κ2) is 8.06. The van der Waals surface area contributed by atoms with Gasteiger partial charge in [-0.3, -0.25) is 9.59 Å². The Morgan fingerprint density at radius 1 is 1.17 bits per heavy atom. The van der Waals surface area contributed by atoms with Crippen LogP contribution in [0.15, 0.2) is 59.5 Å². The van der Waals surface area contributed by atoms with E-state index < -0.39 is 11.9 Å². The van der Waals surface area contributed by atoms with Crippen LogP contribution in [-0.2, 0) is 4.79 Å². The van der Waals surface area contributed by atoms with Gasteiger partial charge < -0.3 is 11.1 Å². The average Bonchev–Trinajstić information content (AvgIpc) is 2.58. The van der Waals surface area contributed by atoms with Crippen molar-refractivity contribution in [1.29, 1.82) is 0 Å². The fourth-order valence-corrected chi connectivity index (χ4v) is 2.67. The Hall–Kier alpha value is -2.71. The van der Waals surface area contributed by atoms with Crippen molar-refractivity contribution in [1.82, 2.24) is 5.32 Å². The van der Waals surface area contributed by atoms with E-state index in [0.29, 0.717) is 16.9 Å². The maximum absolute atomic E-state index is 12.4. The average molecular weight is 324 g/mol. The Kier molecular flexibility index (Phi) is 5.84. The number of hydrogen-bond acceptors (Lipinski definition) is 3. The van der Waals surface area contributed by atoms with Crippen LogP contribution in [0.3, 0.4) is 0 Å². The van der Waals surface area contributed by atoms with E-state index in [2.05, 4.69) is 11.2 Å². The molecule has 23 heavy (non-hydrogen) atoms. The summed E-state index contributed by atoms with van der Waals surface area (Å²) in [5, 5.41) is 2.67. The molecule has 0 spiro atoms. The standard InChI is InChI=1S/C18H16N2O2S/c1-2-11-23-15-10-6-9-14(12-15)18(22)20-16(17(19)21)13-7-4-3-5-8-13/h1,3-10,12,16H,11H2,(H2,19,21)(H,20,22)/t16-/m1/s1. The summed E-state index contributed by atoms with van der Waals surface area (Å²) in [5.41, 5.74) is 6.51. The molecule has 2 aromatic rings. The largest absolute Gasteiger partial charge is 0.368 e. The third-order valence-electron chi connectivity index (χ3n) is 3.11. The molecule has 3 N–H and O–H groups in total. The zero-order valence-electron chi connectivity index (χ0n) is 12.4. The minimum Gasteiger partial charge on any atom is -0.368 e. The van der Waals surface area contributed by atoms with E-state index in [9.17, 15) is 9.59 Å². The van der Waals surface area contributed by atoms with Crippen LogP contribution in [0.25, 0.3) is 0 Å². The SMILES string of the molecule is C#CCSc1cccc(C(=O)N[C@@H](C(N)=O)c2ccccc2)c1. The van der Waals surface area contributed by atoms with Crippen LogP contribution in [0.2, 0.25) is 0 Å². The molecule has 1 atom stereocenters. The van der Waals surface area contributed by atoms with Crippen LogP contribution in [0.5, 0.6) is 0 Å². The number of nitrogens with two attached hydrogens (primary N) is 1. The number of thioether (sulfide) groups is 1. The predicted octanol–water partition coefficient (Wildman–Crippen LogP) is 2.37. The second-order valence-corrected chi connectivity index (χ2v) is 5.79. The molecule has 0 aliphatic carbocycles. The Labute approximate surface area is 139 Å². The Balaban J connectivity index is 2.16. The molecule has 2 rings (SSSR count). The highest BCUT2D eigenvalue weighted by Crippen LogP contribution is 2.19. The van der Waals surface area contributed by atoms with E-state index >= 15 is 0 Å². The van der Waals surface area contributed by atoms with Gasteiger partial charge in [0.2, 0.25) is 5.91 Å². The van der Waals surface area contributed by atoms with Gasteiger partial charge >= 0.3 is 0 Å². The fraction of sp³-hybridized carbons (Fsp3) is 0.111. The number of primary amides is 1. The molecule has 5 heteroatoms. The monoisotopic (exact) mass is 324 g/mol. The minimum absolute atomic E-state index is 0.360. The van der Waals surface area contributed by atoms with Gasteiger partial charge in [-0.15, -0.1) is 18.2 Å². The first-order chi connectivity index (χ1) is 11.1. The highest BCUT2D eigenvalue weighted by atomic mass is 32.2. The summed E-state index contributed by atoms with van der Waals surface area (Å²) in [6, 6.07) is 15.1. The molecule has 0 saturated carbocycles. The van der Waals surface area contributed by atoms with Crippen molar-refractivity contribution < 1.29 is 9.59 Å². The number of carbonyl (C=O) groups excluding carboxylic acids is 2. The zero-order chi connectivity index (χ0) is 16.7. The zero-order valence-corrected chi connectivity index (χ0v) is 13.2. The molecular formula is C18H16N2O2S.